The van der Waals surface area contributed by atoms with Crippen LogP contribution in [-0.4, -0.2) is 33.2 Å². The van der Waals surface area contributed by atoms with Crippen LogP contribution in [0, 0.1) is 5.41 Å². The Labute approximate surface area is 168 Å². The van der Waals surface area contributed by atoms with E-state index < -0.39 is 0 Å². The third kappa shape index (κ3) is 3.50. The Hall–Kier alpha value is -3.87. The third-order valence-corrected chi connectivity index (χ3v) is 5.09. The zero-order valence-electron chi connectivity index (χ0n) is 16.2. The minimum absolute atomic E-state index is 0.168. The van der Waals surface area contributed by atoms with Gasteiger partial charge in [-0.1, -0.05) is 36.4 Å². The molecule has 0 saturated heterocycles. The van der Waals surface area contributed by atoms with Crippen molar-refractivity contribution in [1.29, 1.82) is 5.41 Å². The fourth-order valence-corrected chi connectivity index (χ4v) is 3.25. The van der Waals surface area contributed by atoms with Gasteiger partial charge < -0.3 is 16.0 Å². The first kappa shape index (κ1) is 18.5. The molecule has 7 heteroatoms. The minimum atomic E-state index is 0.168. The van der Waals surface area contributed by atoms with Crippen LogP contribution in [0.3, 0.4) is 0 Å². The van der Waals surface area contributed by atoms with E-state index in [0.29, 0.717) is 11.3 Å². The number of nitrogens with zero attached hydrogens (tertiary/aromatic N) is 5. The van der Waals surface area contributed by atoms with Gasteiger partial charge in [0.15, 0.2) is 0 Å². The van der Waals surface area contributed by atoms with Gasteiger partial charge in [-0.2, -0.15) is 0 Å². The number of benzene rings is 2. The maximum atomic E-state index is 7.61. The highest BCUT2D eigenvalue weighted by molar-refractivity contribution is 5.93. The van der Waals surface area contributed by atoms with Crippen molar-refractivity contribution in [2.45, 2.75) is 13.0 Å². The van der Waals surface area contributed by atoms with Crippen molar-refractivity contribution in [2.24, 2.45) is 0 Å². The van der Waals surface area contributed by atoms with Crippen molar-refractivity contribution < 1.29 is 0 Å². The van der Waals surface area contributed by atoms with Crippen LogP contribution in [0.15, 0.2) is 61.1 Å². The number of anilines is 2. The van der Waals surface area contributed by atoms with Crippen molar-refractivity contribution in [3.8, 4) is 11.3 Å². The summed E-state index contributed by atoms with van der Waals surface area (Å²) < 4.78 is 0. The third-order valence-electron chi connectivity index (χ3n) is 5.09. The molecule has 4 aromatic rings. The van der Waals surface area contributed by atoms with E-state index in [4.69, 9.17) is 16.1 Å². The van der Waals surface area contributed by atoms with Crippen LogP contribution in [-0.2, 0) is 0 Å². The van der Waals surface area contributed by atoms with Crippen molar-refractivity contribution in [3.63, 3.8) is 0 Å². The molecule has 0 aliphatic heterocycles. The first-order valence-corrected chi connectivity index (χ1v) is 9.24. The smallest absolute Gasteiger partial charge is 0.148 e. The average Bonchev–Trinajstić information content (AvgIpc) is 2.77. The van der Waals surface area contributed by atoms with Gasteiger partial charge in [0.05, 0.1) is 34.5 Å². The molecule has 0 radical (unpaired) electrons. The summed E-state index contributed by atoms with van der Waals surface area (Å²) in [6.45, 7) is 2.14. The van der Waals surface area contributed by atoms with Gasteiger partial charge in [-0.05, 0) is 24.6 Å². The molecule has 1 atom stereocenters. The molecule has 2 aromatic heterocycles. The van der Waals surface area contributed by atoms with E-state index in [9.17, 15) is 0 Å². The van der Waals surface area contributed by atoms with Gasteiger partial charge in [-0.25, -0.2) is 15.0 Å². The number of fused-ring (bicyclic) bond motifs is 1. The van der Waals surface area contributed by atoms with E-state index in [1.807, 2.05) is 43.4 Å². The predicted molar refractivity (Wildman–Crippen MR) is 116 cm³/mol. The number of hydrogen-bond donors (Lipinski definition) is 2. The zero-order chi connectivity index (χ0) is 20.4. The standard InChI is InChI=1S/C22H21N7/c1-14(15-6-4-3-5-7-15)29(2)20-12-25-19-10-16(8-9-18(19)28-20)21-17(11-23)22(24)27-13-26-21/h3-14,23H,1-2H3,(H2,24,26,27). The molecular formula is C22H21N7. The highest BCUT2D eigenvalue weighted by Crippen LogP contribution is 2.28. The van der Waals surface area contributed by atoms with Gasteiger partial charge in [0.1, 0.15) is 18.0 Å². The minimum Gasteiger partial charge on any atom is -0.383 e. The average molecular weight is 383 g/mol. The fraction of sp³-hybridized carbons (Fsp3) is 0.136. The van der Waals surface area contributed by atoms with E-state index in [0.717, 1.165) is 22.4 Å². The first-order valence-electron chi connectivity index (χ1n) is 9.24. The number of nitrogens with one attached hydrogen (secondary N) is 1. The Morgan fingerprint density at radius 1 is 1.03 bits per heavy atom. The monoisotopic (exact) mass is 383 g/mol. The van der Waals surface area contributed by atoms with Crippen molar-refractivity contribution in [1.82, 2.24) is 19.9 Å². The Kier molecular flexibility index (Phi) is 4.87. The van der Waals surface area contributed by atoms with Crippen LogP contribution in [0.2, 0.25) is 0 Å². The van der Waals surface area contributed by atoms with E-state index in [1.165, 1.54) is 18.1 Å². The highest BCUT2D eigenvalue weighted by atomic mass is 15.2. The summed E-state index contributed by atoms with van der Waals surface area (Å²) in [5.74, 6) is 1.08. The normalized spacial score (nSPS) is 11.9. The number of rotatable bonds is 5. The molecule has 29 heavy (non-hydrogen) atoms. The summed E-state index contributed by atoms with van der Waals surface area (Å²) >= 11 is 0. The maximum absolute atomic E-state index is 7.61. The molecule has 4 rings (SSSR count). The maximum Gasteiger partial charge on any atom is 0.148 e. The second-order valence-electron chi connectivity index (χ2n) is 6.79. The molecule has 0 saturated carbocycles. The van der Waals surface area contributed by atoms with E-state index in [2.05, 4.69) is 38.9 Å². The summed E-state index contributed by atoms with van der Waals surface area (Å²) in [4.78, 5) is 19.7. The lowest BCUT2D eigenvalue weighted by molar-refractivity contribution is 0.728. The van der Waals surface area contributed by atoms with Crippen LogP contribution in [0.25, 0.3) is 22.3 Å². The second-order valence-corrected chi connectivity index (χ2v) is 6.79. The van der Waals surface area contributed by atoms with Gasteiger partial charge in [0.25, 0.3) is 0 Å². The van der Waals surface area contributed by atoms with E-state index in [-0.39, 0.29) is 11.9 Å². The van der Waals surface area contributed by atoms with Crippen molar-refractivity contribution in [3.05, 3.63) is 72.2 Å². The Bertz CT molecular complexity index is 1170. The summed E-state index contributed by atoms with van der Waals surface area (Å²) in [5, 5.41) is 7.61. The molecule has 0 amide bonds. The van der Waals surface area contributed by atoms with Crippen LogP contribution < -0.4 is 10.6 Å². The van der Waals surface area contributed by atoms with Crippen LogP contribution in [0.4, 0.5) is 11.6 Å². The number of aromatic nitrogens is 4. The van der Waals surface area contributed by atoms with Gasteiger partial charge in [0.2, 0.25) is 0 Å². The molecule has 0 fully saturated rings. The second kappa shape index (κ2) is 7.63. The quantitative estimate of drug-likeness (QED) is 0.507. The SMILES string of the molecule is CC(c1ccccc1)N(C)c1cnc2cc(-c3ncnc(N)c3C=N)ccc2n1. The number of hydrogen-bond acceptors (Lipinski definition) is 7. The van der Waals surface area contributed by atoms with Crippen LogP contribution in [0.5, 0.6) is 0 Å². The summed E-state index contributed by atoms with van der Waals surface area (Å²) in [5.41, 5.74) is 10.5. The molecule has 0 aliphatic rings. The molecule has 0 bridgehead atoms. The molecule has 3 N–H and O–H groups in total. The molecule has 2 aromatic carbocycles. The Morgan fingerprint density at radius 3 is 2.59 bits per heavy atom. The molecule has 0 spiro atoms. The van der Waals surface area contributed by atoms with Crippen LogP contribution in [0.1, 0.15) is 24.1 Å². The summed E-state index contributed by atoms with van der Waals surface area (Å²) in [6, 6.07) is 16.2. The molecular weight excluding hydrogens is 362 g/mol. The van der Waals surface area contributed by atoms with E-state index >= 15 is 0 Å². The highest BCUT2D eigenvalue weighted by Gasteiger charge is 2.15. The van der Waals surface area contributed by atoms with Crippen LogP contribution >= 0.6 is 0 Å². The van der Waals surface area contributed by atoms with Gasteiger partial charge >= 0.3 is 0 Å². The molecule has 7 nitrogen and oxygen atoms in total. The first-order chi connectivity index (χ1) is 14.1. The molecule has 0 aliphatic carbocycles. The molecule has 144 valence electrons. The topological polar surface area (TPSA) is 105 Å². The summed E-state index contributed by atoms with van der Waals surface area (Å²) in [6.07, 6.45) is 4.34. The number of nitrogen functional groups attached to an aromatic ring is 1. The Morgan fingerprint density at radius 2 is 1.83 bits per heavy atom. The van der Waals surface area contributed by atoms with Gasteiger partial charge in [0, 0.05) is 18.8 Å². The van der Waals surface area contributed by atoms with Crippen molar-refractivity contribution >= 4 is 28.9 Å². The number of nitrogens with two attached hydrogens (primary N) is 1. The van der Waals surface area contributed by atoms with Gasteiger partial charge in [-0.3, -0.25) is 4.98 Å². The van der Waals surface area contributed by atoms with E-state index in [1.54, 1.807) is 6.20 Å². The lowest BCUT2D eigenvalue weighted by Gasteiger charge is -2.26. The fourth-order valence-electron chi connectivity index (χ4n) is 3.25. The van der Waals surface area contributed by atoms with Crippen molar-refractivity contribution in [2.75, 3.05) is 17.7 Å². The van der Waals surface area contributed by atoms with Gasteiger partial charge in [-0.15, -0.1) is 0 Å². The molecule has 2 heterocycles. The lowest BCUT2D eigenvalue weighted by atomic mass is 10.1. The lowest BCUT2D eigenvalue weighted by Crippen LogP contribution is -2.22. The summed E-state index contributed by atoms with van der Waals surface area (Å²) in [7, 11) is 2.02. The Balaban J connectivity index is 1.69. The largest absolute Gasteiger partial charge is 0.383 e. The molecule has 1 unspecified atom stereocenters. The zero-order valence-corrected chi connectivity index (χ0v) is 16.2. The predicted octanol–water partition coefficient (Wildman–Crippen LogP) is 3.86.